The molecule has 7 aromatic rings. The first kappa shape index (κ1) is 27.8. The summed E-state index contributed by atoms with van der Waals surface area (Å²) < 4.78 is 4.11. The first-order valence-corrected chi connectivity index (χ1v) is 14.8. The van der Waals surface area contributed by atoms with Crippen LogP contribution in [0.1, 0.15) is 11.1 Å². The van der Waals surface area contributed by atoms with Crippen molar-refractivity contribution in [3.05, 3.63) is 161 Å². The normalized spacial score (nSPS) is 11.4. The third kappa shape index (κ3) is 5.34. The number of nitrogens with zero attached hydrogens (tertiary/aromatic N) is 3. The second-order valence-corrected chi connectivity index (χ2v) is 11.0. The Bertz CT molecular complexity index is 2190. The number of carbonyl (C=O) groups is 1. The quantitative estimate of drug-likeness (QED) is 0.118. The van der Waals surface area contributed by atoms with Crippen molar-refractivity contribution in [2.45, 2.75) is 13.5 Å². The Labute approximate surface area is 260 Å². The van der Waals surface area contributed by atoms with Crippen molar-refractivity contribution in [3.8, 4) is 28.2 Å². The third-order valence-electron chi connectivity index (χ3n) is 8.01. The molecule has 6 heteroatoms. The van der Waals surface area contributed by atoms with Crippen molar-refractivity contribution in [2.75, 3.05) is 0 Å². The predicted octanol–water partition coefficient (Wildman–Crippen LogP) is 7.74. The maximum Gasteiger partial charge on any atom is 0.260 e. The van der Waals surface area contributed by atoms with Gasteiger partial charge in [-0.25, -0.2) is 5.43 Å². The lowest BCUT2D eigenvalue weighted by Crippen LogP contribution is -2.25. The first-order valence-electron chi connectivity index (χ1n) is 14.8. The summed E-state index contributed by atoms with van der Waals surface area (Å²) in [5.41, 5.74) is 11.2. The number of aromatic nitrogens is 2. The second kappa shape index (κ2) is 11.9. The van der Waals surface area contributed by atoms with Crippen molar-refractivity contribution in [1.29, 1.82) is 0 Å². The largest absolute Gasteiger partial charge is 0.331 e. The van der Waals surface area contributed by atoms with E-state index < -0.39 is 0 Å². The van der Waals surface area contributed by atoms with Gasteiger partial charge in [0.15, 0.2) is 5.43 Å². The van der Waals surface area contributed by atoms with Crippen LogP contribution in [-0.4, -0.2) is 21.3 Å². The lowest BCUT2D eigenvalue weighted by atomic mass is 10.1. The van der Waals surface area contributed by atoms with E-state index in [1.807, 2.05) is 77.4 Å². The molecule has 0 atom stereocenters. The fourth-order valence-corrected chi connectivity index (χ4v) is 5.90. The number of benzene rings is 5. The van der Waals surface area contributed by atoms with E-state index >= 15 is 0 Å². The van der Waals surface area contributed by atoms with Crippen molar-refractivity contribution in [2.24, 2.45) is 5.10 Å². The van der Waals surface area contributed by atoms with Gasteiger partial charge in [-0.15, -0.1) is 0 Å². The number of pyridine rings is 1. The zero-order chi connectivity index (χ0) is 30.8. The van der Waals surface area contributed by atoms with Crippen molar-refractivity contribution in [1.82, 2.24) is 14.6 Å². The summed E-state index contributed by atoms with van der Waals surface area (Å²) >= 11 is 0. The van der Waals surface area contributed by atoms with E-state index in [2.05, 4.69) is 76.6 Å². The Morgan fingerprint density at radius 2 is 1.27 bits per heavy atom. The van der Waals surface area contributed by atoms with Crippen molar-refractivity contribution in [3.63, 3.8) is 0 Å². The highest BCUT2D eigenvalue weighted by Gasteiger charge is 2.19. The molecule has 0 spiro atoms. The molecule has 0 aliphatic carbocycles. The van der Waals surface area contributed by atoms with Gasteiger partial charge in [-0.05, 0) is 60.5 Å². The fourth-order valence-electron chi connectivity index (χ4n) is 5.90. The summed E-state index contributed by atoms with van der Waals surface area (Å²) in [5, 5.41) is 5.59. The molecule has 1 amide bonds. The molecule has 0 fully saturated rings. The molecule has 6 nitrogen and oxygen atoms in total. The van der Waals surface area contributed by atoms with Crippen LogP contribution in [0.3, 0.4) is 0 Å². The fraction of sp³-hybridized carbons (Fsp3) is 0.0513. The molecule has 0 bridgehead atoms. The van der Waals surface area contributed by atoms with Crippen LogP contribution >= 0.6 is 0 Å². The molecule has 0 saturated carbocycles. The molecule has 5 aromatic carbocycles. The predicted molar refractivity (Wildman–Crippen MR) is 183 cm³/mol. The van der Waals surface area contributed by atoms with E-state index in [1.165, 1.54) is 5.56 Å². The van der Waals surface area contributed by atoms with Gasteiger partial charge in [0, 0.05) is 22.0 Å². The minimum Gasteiger partial charge on any atom is -0.331 e. The summed E-state index contributed by atoms with van der Waals surface area (Å²) in [5.74, 6) is -0.298. The molecule has 0 unspecified atom stereocenters. The first-order chi connectivity index (χ1) is 22.1. The highest BCUT2D eigenvalue weighted by Crippen LogP contribution is 2.35. The Hall–Kier alpha value is -6.01. The topological polar surface area (TPSA) is 68.4 Å². The van der Waals surface area contributed by atoms with E-state index in [-0.39, 0.29) is 17.9 Å². The summed E-state index contributed by atoms with van der Waals surface area (Å²) in [6.45, 7) is 2.08. The van der Waals surface area contributed by atoms with Gasteiger partial charge in [0.2, 0.25) is 0 Å². The molecule has 0 saturated heterocycles. The van der Waals surface area contributed by atoms with Gasteiger partial charge in [-0.1, -0.05) is 103 Å². The lowest BCUT2D eigenvalue weighted by molar-refractivity contribution is -0.121. The van der Waals surface area contributed by atoms with E-state index in [1.54, 1.807) is 18.3 Å². The number of nitrogens with one attached hydrogen (secondary N) is 1. The Kier molecular flexibility index (Phi) is 7.37. The number of rotatable bonds is 7. The molecule has 45 heavy (non-hydrogen) atoms. The van der Waals surface area contributed by atoms with Gasteiger partial charge < -0.3 is 9.13 Å². The maximum atomic E-state index is 13.3. The number of hydrogen-bond acceptors (Lipinski definition) is 3. The number of hydrogen-bond donors (Lipinski definition) is 1. The smallest absolute Gasteiger partial charge is 0.260 e. The highest BCUT2D eigenvalue weighted by molar-refractivity contribution is 5.96. The van der Waals surface area contributed by atoms with Crippen LogP contribution in [0.4, 0.5) is 0 Å². The molecule has 0 aliphatic heterocycles. The molecular formula is C39H30N4O2. The Morgan fingerprint density at radius 3 is 1.89 bits per heavy atom. The average Bonchev–Trinajstić information content (AvgIpc) is 3.47. The van der Waals surface area contributed by atoms with Crippen LogP contribution in [0.5, 0.6) is 0 Å². The number of aryl methyl sites for hydroxylation is 1. The third-order valence-corrected chi connectivity index (χ3v) is 8.01. The highest BCUT2D eigenvalue weighted by atomic mass is 16.2. The monoisotopic (exact) mass is 586 g/mol. The number of para-hydroxylation sites is 2. The summed E-state index contributed by atoms with van der Waals surface area (Å²) in [6, 6.07) is 45.8. The van der Waals surface area contributed by atoms with Crippen LogP contribution in [0.25, 0.3) is 50.0 Å². The maximum absolute atomic E-state index is 13.3. The van der Waals surface area contributed by atoms with Crippen LogP contribution in [0.2, 0.25) is 0 Å². The zero-order valence-electron chi connectivity index (χ0n) is 24.7. The molecule has 2 heterocycles. The van der Waals surface area contributed by atoms with Gasteiger partial charge in [0.1, 0.15) is 6.54 Å². The van der Waals surface area contributed by atoms with Crippen LogP contribution in [0.15, 0.2) is 149 Å². The second-order valence-electron chi connectivity index (χ2n) is 11.0. The number of hydrazone groups is 1. The van der Waals surface area contributed by atoms with E-state index in [0.29, 0.717) is 21.8 Å². The molecule has 0 radical (unpaired) electrons. The van der Waals surface area contributed by atoms with Gasteiger partial charge in [0.25, 0.3) is 5.91 Å². The number of amides is 1. The summed E-state index contributed by atoms with van der Waals surface area (Å²) in [6.07, 6.45) is 1.71. The van der Waals surface area contributed by atoms with Crippen molar-refractivity contribution < 1.29 is 4.79 Å². The van der Waals surface area contributed by atoms with Crippen molar-refractivity contribution >= 4 is 33.9 Å². The molecular weight excluding hydrogens is 556 g/mol. The molecule has 1 N–H and O–H groups in total. The molecule has 2 aromatic heterocycles. The van der Waals surface area contributed by atoms with Gasteiger partial charge in [0.05, 0.1) is 28.6 Å². The Balaban J connectivity index is 1.28. The number of carbonyl (C=O) groups excluding carboxylic acids is 1. The Morgan fingerprint density at radius 1 is 0.711 bits per heavy atom. The molecule has 218 valence electrons. The van der Waals surface area contributed by atoms with E-state index in [4.69, 9.17) is 0 Å². The van der Waals surface area contributed by atoms with Crippen LogP contribution in [0, 0.1) is 6.92 Å². The van der Waals surface area contributed by atoms with Gasteiger partial charge >= 0.3 is 0 Å². The number of fused-ring (bicyclic) bond motifs is 2. The summed E-state index contributed by atoms with van der Waals surface area (Å²) in [7, 11) is 0. The minimum atomic E-state index is -0.298. The van der Waals surface area contributed by atoms with Crippen LogP contribution in [-0.2, 0) is 11.3 Å². The van der Waals surface area contributed by atoms with Crippen LogP contribution < -0.4 is 10.9 Å². The molecule has 7 rings (SSSR count). The molecule has 0 aliphatic rings. The minimum absolute atomic E-state index is 0.00380. The standard InChI is InChI=1S/C39H30N4O2/c1-27-20-22-31(23-21-27)43-36(28-12-4-2-5-13-28)24-30(38(43)29-14-6-3-7-15-29)25-40-41-37(44)26-42-34-18-10-8-16-32(34)39(45)33-17-9-11-19-35(33)42/h2-25H,26H2,1H3,(H,41,44)/b40-25+. The summed E-state index contributed by atoms with van der Waals surface area (Å²) in [4.78, 5) is 26.5. The van der Waals surface area contributed by atoms with Gasteiger partial charge in [-0.2, -0.15) is 5.10 Å². The average molecular weight is 587 g/mol. The SMILES string of the molecule is Cc1ccc(-n2c(-c3ccccc3)cc(/C=N/NC(=O)Cn3c4ccccc4c(=O)c4ccccc43)c2-c2ccccc2)cc1. The van der Waals surface area contributed by atoms with E-state index in [0.717, 1.165) is 33.8 Å². The lowest BCUT2D eigenvalue weighted by Gasteiger charge is -2.15. The van der Waals surface area contributed by atoms with Gasteiger partial charge in [-0.3, -0.25) is 9.59 Å². The van der Waals surface area contributed by atoms with E-state index in [9.17, 15) is 9.59 Å². The zero-order valence-corrected chi connectivity index (χ0v) is 24.7.